The lowest BCUT2D eigenvalue weighted by molar-refractivity contribution is -0.132. The van der Waals surface area contributed by atoms with Crippen LogP contribution in [-0.4, -0.2) is 111 Å². The normalized spacial score (nSPS) is 14.0. The highest BCUT2D eigenvalue weighted by molar-refractivity contribution is 6.21. The van der Waals surface area contributed by atoms with Crippen molar-refractivity contribution in [3.8, 4) is 17.2 Å². The molecule has 0 aliphatic carbocycles. The van der Waals surface area contributed by atoms with Gasteiger partial charge in [0.2, 0.25) is 11.7 Å². The second kappa shape index (κ2) is 19.7. The molecule has 6 rings (SSSR count). The number of benzene rings is 4. The zero-order valence-corrected chi connectivity index (χ0v) is 35.2. The van der Waals surface area contributed by atoms with Crippen LogP contribution in [0.25, 0.3) is 0 Å². The third-order valence-corrected chi connectivity index (χ3v) is 11.3. The maximum Gasteiger partial charge on any atom is 0.261 e. The predicted octanol–water partition coefficient (Wildman–Crippen LogP) is 6.65. The monoisotopic (exact) mass is 817 g/mol. The molecule has 13 heteroatoms. The van der Waals surface area contributed by atoms with E-state index in [0.717, 1.165) is 50.8 Å². The van der Waals surface area contributed by atoms with Gasteiger partial charge in [0.1, 0.15) is 11.5 Å². The number of nitrogens with two attached hydrogens (primary N) is 1. The number of ketones is 1. The Bertz CT molecular complexity index is 2200. The van der Waals surface area contributed by atoms with Crippen molar-refractivity contribution < 1.29 is 38.2 Å². The zero-order chi connectivity index (χ0) is 42.9. The number of aryl methyl sites for hydroxylation is 1. The summed E-state index contributed by atoms with van der Waals surface area (Å²) in [6.07, 6.45) is 5.27. The second-order valence-corrected chi connectivity index (χ2v) is 15.5. The topological polar surface area (TPSA) is 152 Å². The number of nitrogen functional groups attached to an aromatic ring is 1. The Morgan fingerprint density at radius 3 is 2.07 bits per heavy atom. The lowest BCUT2D eigenvalue weighted by atomic mass is 9.98. The quantitative estimate of drug-likeness (QED) is 0.0500. The van der Waals surface area contributed by atoms with Crippen LogP contribution in [0, 0.1) is 6.92 Å². The Morgan fingerprint density at radius 2 is 1.38 bits per heavy atom. The number of imide groups is 1. The van der Waals surface area contributed by atoms with Gasteiger partial charge in [0.25, 0.3) is 17.7 Å². The smallest absolute Gasteiger partial charge is 0.261 e. The number of unbranched alkanes of at least 4 members (excludes halogenated alkanes) is 2. The van der Waals surface area contributed by atoms with E-state index in [1.807, 2.05) is 30.0 Å². The summed E-state index contributed by atoms with van der Waals surface area (Å²) in [4.78, 5) is 73.2. The van der Waals surface area contributed by atoms with Crippen molar-refractivity contribution in [1.82, 2.24) is 14.7 Å². The fraction of sp³-hybridized carbons (Fsp3) is 0.383. The summed E-state index contributed by atoms with van der Waals surface area (Å²) in [5.41, 5.74) is 9.41. The minimum atomic E-state index is -0.426. The molecule has 4 amide bonds. The van der Waals surface area contributed by atoms with Crippen LogP contribution in [0.3, 0.4) is 0 Å². The fourth-order valence-corrected chi connectivity index (χ4v) is 7.79. The minimum Gasteiger partial charge on any atom is -0.494 e. The van der Waals surface area contributed by atoms with E-state index in [-0.39, 0.29) is 59.0 Å². The van der Waals surface area contributed by atoms with Gasteiger partial charge in [-0.1, -0.05) is 30.3 Å². The molecule has 2 heterocycles. The van der Waals surface area contributed by atoms with E-state index in [2.05, 4.69) is 19.0 Å². The van der Waals surface area contributed by atoms with Crippen molar-refractivity contribution in [2.45, 2.75) is 57.9 Å². The number of fused-ring (bicyclic) bond motifs is 1. The number of para-hydroxylation sites is 1. The highest BCUT2D eigenvalue weighted by atomic mass is 16.5. The number of methoxy groups -OCH3 is 1. The summed E-state index contributed by atoms with van der Waals surface area (Å²) in [5.74, 6) is -0.403. The molecule has 2 aliphatic rings. The van der Waals surface area contributed by atoms with Gasteiger partial charge >= 0.3 is 0 Å². The molecule has 1 saturated heterocycles. The van der Waals surface area contributed by atoms with Crippen molar-refractivity contribution >= 4 is 40.8 Å². The average Bonchev–Trinajstić information content (AvgIpc) is 3.50. The molecular formula is C47H55N5O8. The Balaban J connectivity index is 1.05. The zero-order valence-electron chi connectivity index (χ0n) is 35.2. The maximum atomic E-state index is 14.0. The van der Waals surface area contributed by atoms with Gasteiger partial charge in [-0.3, -0.25) is 28.9 Å². The molecule has 60 heavy (non-hydrogen) atoms. The van der Waals surface area contributed by atoms with Crippen LogP contribution in [0.5, 0.6) is 17.2 Å². The van der Waals surface area contributed by atoms with Crippen molar-refractivity contribution in [1.29, 1.82) is 0 Å². The molecule has 2 N–H and O–H groups in total. The molecule has 13 nitrogen and oxygen atoms in total. The van der Waals surface area contributed by atoms with Gasteiger partial charge in [-0.25, -0.2) is 0 Å². The minimum absolute atomic E-state index is 0.00532. The van der Waals surface area contributed by atoms with Crippen LogP contribution in [0.15, 0.2) is 78.9 Å². The molecule has 316 valence electrons. The Kier molecular flexibility index (Phi) is 14.2. The largest absolute Gasteiger partial charge is 0.494 e. The number of nitrogens with zero attached hydrogens (tertiary/aromatic N) is 4. The van der Waals surface area contributed by atoms with Crippen LogP contribution in [0.1, 0.15) is 97.5 Å². The van der Waals surface area contributed by atoms with Crippen molar-refractivity contribution in [3.05, 3.63) is 112 Å². The number of anilines is 2. The predicted molar refractivity (Wildman–Crippen MR) is 230 cm³/mol. The number of rotatable bonds is 18. The number of hydrogen-bond acceptors (Lipinski definition) is 10. The van der Waals surface area contributed by atoms with Crippen molar-refractivity contribution in [2.24, 2.45) is 0 Å². The molecule has 0 atom stereocenters. The number of piperidine rings is 1. The summed E-state index contributed by atoms with van der Waals surface area (Å²) >= 11 is 0. The molecule has 1 fully saturated rings. The number of ether oxygens (including phenoxy) is 3. The summed E-state index contributed by atoms with van der Waals surface area (Å²) in [6.45, 7) is 4.29. The standard InChI is InChI=1S/C47H55N5O8/c1-31-19-22-38(40(30-31)60-28-12-6-7-18-41(53)51-26-23-32(24-27-51)49(2)3)50(4)45(55)36-20-21-37(44(58-5)42(36)48)43(54)35-16-10-11-17-39(35)59-29-13-25-52-46(56)33-14-8-9-15-34(33)47(52)57/h8-11,14-17,19-22,30,32H,6-7,12-13,18,23-29,48H2,1-5H3. The van der Waals surface area contributed by atoms with E-state index in [1.165, 1.54) is 29.0 Å². The van der Waals surface area contributed by atoms with E-state index in [9.17, 15) is 24.0 Å². The lowest BCUT2D eigenvalue weighted by Crippen LogP contribution is -2.44. The van der Waals surface area contributed by atoms with Crippen LogP contribution in [-0.2, 0) is 4.79 Å². The average molecular weight is 818 g/mol. The number of carbonyl (C=O) groups excluding carboxylic acids is 5. The third kappa shape index (κ3) is 9.63. The van der Waals surface area contributed by atoms with E-state index in [1.54, 1.807) is 55.6 Å². The van der Waals surface area contributed by atoms with Gasteiger partial charge in [0, 0.05) is 39.1 Å². The SMILES string of the molecule is COc1c(C(=O)c2ccccc2OCCCN2C(=O)c3ccccc3C2=O)ccc(C(=O)N(C)c2ccc(C)cc2OCCCCCC(=O)N2CCC(N(C)C)CC2)c1N. The lowest BCUT2D eigenvalue weighted by Gasteiger charge is -2.35. The van der Waals surface area contributed by atoms with Gasteiger partial charge in [-0.2, -0.15) is 0 Å². The summed E-state index contributed by atoms with van der Waals surface area (Å²) < 4.78 is 17.9. The molecule has 0 spiro atoms. The first kappa shape index (κ1) is 43.4. The van der Waals surface area contributed by atoms with Gasteiger partial charge in [-0.15, -0.1) is 0 Å². The molecule has 0 aromatic heterocycles. The highest BCUT2D eigenvalue weighted by Crippen LogP contribution is 2.36. The van der Waals surface area contributed by atoms with Gasteiger partial charge < -0.3 is 34.6 Å². The summed E-state index contributed by atoms with van der Waals surface area (Å²) in [6, 6.07) is 22.6. The Hall–Kier alpha value is -6.21. The van der Waals surface area contributed by atoms with E-state index in [0.29, 0.717) is 53.8 Å². The number of likely N-dealkylation sites (tertiary alicyclic amines) is 1. The number of carbonyl (C=O) groups is 5. The highest BCUT2D eigenvalue weighted by Gasteiger charge is 2.34. The third-order valence-electron chi connectivity index (χ3n) is 11.3. The molecular weight excluding hydrogens is 763 g/mol. The fourth-order valence-electron chi connectivity index (χ4n) is 7.79. The first-order chi connectivity index (χ1) is 28.9. The Morgan fingerprint density at radius 1 is 0.750 bits per heavy atom. The van der Waals surface area contributed by atoms with Crippen LogP contribution in [0.2, 0.25) is 0 Å². The van der Waals surface area contributed by atoms with Crippen LogP contribution < -0.4 is 24.8 Å². The molecule has 0 unspecified atom stereocenters. The number of hydrogen-bond donors (Lipinski definition) is 1. The van der Waals surface area contributed by atoms with E-state index >= 15 is 0 Å². The van der Waals surface area contributed by atoms with E-state index < -0.39 is 11.7 Å². The van der Waals surface area contributed by atoms with Crippen molar-refractivity contribution in [3.63, 3.8) is 0 Å². The molecule has 0 bridgehead atoms. The van der Waals surface area contributed by atoms with Gasteiger partial charge in [-0.05, 0) is 114 Å². The second-order valence-electron chi connectivity index (χ2n) is 15.5. The van der Waals surface area contributed by atoms with Crippen molar-refractivity contribution in [2.75, 3.05) is 71.7 Å². The molecule has 0 saturated carbocycles. The Labute approximate surface area is 352 Å². The molecule has 4 aromatic rings. The molecule has 2 aliphatic heterocycles. The molecule has 4 aromatic carbocycles. The summed E-state index contributed by atoms with van der Waals surface area (Å²) in [7, 11) is 7.21. The summed E-state index contributed by atoms with van der Waals surface area (Å²) in [5, 5.41) is 0. The van der Waals surface area contributed by atoms with Crippen LogP contribution >= 0.6 is 0 Å². The first-order valence-electron chi connectivity index (χ1n) is 20.5. The van der Waals surface area contributed by atoms with E-state index in [4.69, 9.17) is 19.9 Å². The first-order valence-corrected chi connectivity index (χ1v) is 20.5. The maximum absolute atomic E-state index is 14.0. The van der Waals surface area contributed by atoms with Gasteiger partial charge in [0.15, 0.2) is 5.75 Å². The van der Waals surface area contributed by atoms with Gasteiger partial charge in [0.05, 0.1) is 59.5 Å². The van der Waals surface area contributed by atoms with Crippen LogP contribution in [0.4, 0.5) is 11.4 Å². The number of amides is 4. The molecule has 0 radical (unpaired) electrons.